The molecular weight excluding hydrogens is 252 g/mol. The van der Waals surface area contributed by atoms with Gasteiger partial charge in [0.15, 0.2) is 0 Å². The highest BCUT2D eigenvalue weighted by Crippen LogP contribution is 2.24. The van der Waals surface area contributed by atoms with Crippen molar-refractivity contribution in [1.29, 1.82) is 0 Å². The average Bonchev–Trinajstić information content (AvgIpc) is 2.89. The standard InChI is InChI=1S/C11H16N4O2S/c1-7(2)15-6-8(12-13-15)5-14-10(16)4-9(18-3)11(14)17/h6-7,9H,4-5H2,1-3H3. The highest BCUT2D eigenvalue weighted by atomic mass is 32.2. The summed E-state index contributed by atoms with van der Waals surface area (Å²) in [6.45, 7) is 4.21. The van der Waals surface area contributed by atoms with Gasteiger partial charge in [-0.1, -0.05) is 5.21 Å². The molecule has 1 aromatic rings. The molecule has 1 aromatic heterocycles. The number of thioether (sulfide) groups is 1. The minimum Gasteiger partial charge on any atom is -0.275 e. The van der Waals surface area contributed by atoms with Crippen molar-refractivity contribution in [3.8, 4) is 0 Å². The van der Waals surface area contributed by atoms with Gasteiger partial charge in [0, 0.05) is 12.5 Å². The number of likely N-dealkylation sites (tertiary alicyclic amines) is 1. The van der Waals surface area contributed by atoms with Crippen LogP contribution in [0.2, 0.25) is 0 Å². The lowest BCUT2D eigenvalue weighted by atomic mass is 10.4. The number of amides is 2. The maximum atomic E-state index is 11.9. The van der Waals surface area contributed by atoms with Crippen LogP contribution < -0.4 is 0 Å². The molecular formula is C11H16N4O2S. The Balaban J connectivity index is 2.09. The summed E-state index contributed by atoms with van der Waals surface area (Å²) in [5.41, 5.74) is 0.646. The molecule has 1 saturated heterocycles. The van der Waals surface area contributed by atoms with E-state index in [1.165, 1.54) is 16.7 Å². The third-order valence-corrected chi connectivity index (χ3v) is 3.83. The van der Waals surface area contributed by atoms with Crippen LogP contribution in [0, 0.1) is 0 Å². The Labute approximate surface area is 110 Å². The maximum Gasteiger partial charge on any atom is 0.243 e. The smallest absolute Gasteiger partial charge is 0.243 e. The van der Waals surface area contributed by atoms with Gasteiger partial charge in [-0.15, -0.1) is 5.10 Å². The number of rotatable bonds is 4. The summed E-state index contributed by atoms with van der Waals surface area (Å²) in [4.78, 5) is 24.9. The summed E-state index contributed by atoms with van der Waals surface area (Å²) in [6, 6.07) is 0.218. The number of imide groups is 1. The first-order chi connectivity index (χ1) is 8.52. The van der Waals surface area contributed by atoms with Crippen molar-refractivity contribution in [2.75, 3.05) is 6.26 Å². The van der Waals surface area contributed by atoms with E-state index in [4.69, 9.17) is 0 Å². The molecule has 6 nitrogen and oxygen atoms in total. The lowest BCUT2D eigenvalue weighted by molar-refractivity contribution is -0.138. The zero-order valence-corrected chi connectivity index (χ0v) is 11.5. The highest BCUT2D eigenvalue weighted by molar-refractivity contribution is 8.00. The van der Waals surface area contributed by atoms with Gasteiger partial charge in [-0.2, -0.15) is 11.8 Å². The van der Waals surface area contributed by atoms with Gasteiger partial charge in [0.05, 0.1) is 18.0 Å². The molecule has 98 valence electrons. The van der Waals surface area contributed by atoms with Crippen LogP contribution in [-0.4, -0.2) is 43.2 Å². The van der Waals surface area contributed by atoms with E-state index >= 15 is 0 Å². The van der Waals surface area contributed by atoms with Crippen molar-refractivity contribution in [2.24, 2.45) is 0 Å². The average molecular weight is 268 g/mol. The fraction of sp³-hybridized carbons (Fsp3) is 0.636. The predicted octanol–water partition coefficient (Wildman–Crippen LogP) is 0.849. The number of aromatic nitrogens is 3. The number of hydrogen-bond donors (Lipinski definition) is 0. The van der Waals surface area contributed by atoms with Crippen LogP contribution in [0.5, 0.6) is 0 Å². The van der Waals surface area contributed by atoms with E-state index in [-0.39, 0.29) is 36.1 Å². The fourth-order valence-corrected chi connectivity index (χ4v) is 2.44. The topological polar surface area (TPSA) is 68.1 Å². The number of nitrogens with zero attached hydrogens (tertiary/aromatic N) is 4. The van der Waals surface area contributed by atoms with Crippen molar-refractivity contribution in [1.82, 2.24) is 19.9 Å². The first-order valence-corrected chi connectivity index (χ1v) is 7.09. The number of carbonyl (C=O) groups is 2. The Morgan fingerprint density at radius 1 is 1.50 bits per heavy atom. The minimum atomic E-state index is -0.238. The molecule has 1 aliphatic rings. The molecule has 1 unspecified atom stereocenters. The molecule has 18 heavy (non-hydrogen) atoms. The van der Waals surface area contributed by atoms with Crippen LogP contribution in [0.1, 0.15) is 32.0 Å². The fourth-order valence-electron chi connectivity index (χ4n) is 1.80. The van der Waals surface area contributed by atoms with Gasteiger partial charge in [-0.3, -0.25) is 14.5 Å². The Bertz CT molecular complexity index is 471. The monoisotopic (exact) mass is 268 g/mol. The second kappa shape index (κ2) is 5.09. The first kappa shape index (κ1) is 13.1. The Morgan fingerprint density at radius 2 is 2.22 bits per heavy atom. The van der Waals surface area contributed by atoms with Crippen LogP contribution in [0.25, 0.3) is 0 Å². The predicted molar refractivity (Wildman–Crippen MR) is 67.9 cm³/mol. The van der Waals surface area contributed by atoms with Crippen LogP contribution in [0.15, 0.2) is 6.20 Å². The van der Waals surface area contributed by atoms with E-state index < -0.39 is 0 Å². The van der Waals surface area contributed by atoms with Crippen LogP contribution in [0.4, 0.5) is 0 Å². The second-order valence-electron chi connectivity index (χ2n) is 4.53. The molecule has 7 heteroatoms. The van der Waals surface area contributed by atoms with Crippen molar-refractivity contribution in [3.63, 3.8) is 0 Å². The van der Waals surface area contributed by atoms with Gasteiger partial charge < -0.3 is 0 Å². The third-order valence-electron chi connectivity index (χ3n) is 2.89. The Morgan fingerprint density at radius 3 is 2.72 bits per heavy atom. The van der Waals surface area contributed by atoms with E-state index in [2.05, 4.69) is 10.3 Å². The van der Waals surface area contributed by atoms with E-state index in [0.717, 1.165) is 0 Å². The van der Waals surface area contributed by atoms with E-state index in [0.29, 0.717) is 5.69 Å². The van der Waals surface area contributed by atoms with Gasteiger partial charge in [0.1, 0.15) is 5.69 Å². The molecule has 0 N–H and O–H groups in total. The van der Waals surface area contributed by atoms with E-state index in [1.54, 1.807) is 10.9 Å². The maximum absolute atomic E-state index is 11.9. The van der Waals surface area contributed by atoms with Crippen LogP contribution in [0.3, 0.4) is 0 Å². The number of hydrogen-bond acceptors (Lipinski definition) is 5. The Hall–Kier alpha value is -1.37. The molecule has 0 radical (unpaired) electrons. The van der Waals surface area contributed by atoms with Gasteiger partial charge in [-0.05, 0) is 20.1 Å². The van der Waals surface area contributed by atoms with Crippen molar-refractivity contribution >= 4 is 23.6 Å². The zero-order valence-electron chi connectivity index (χ0n) is 10.7. The van der Waals surface area contributed by atoms with Gasteiger partial charge >= 0.3 is 0 Å². The van der Waals surface area contributed by atoms with Gasteiger partial charge in [-0.25, -0.2) is 4.68 Å². The lowest BCUT2D eigenvalue weighted by Gasteiger charge is -2.12. The molecule has 2 rings (SSSR count). The summed E-state index contributed by atoms with van der Waals surface area (Å²) < 4.78 is 1.71. The SMILES string of the molecule is CSC1CC(=O)N(Cc2cn(C(C)C)nn2)C1=O. The molecule has 2 amide bonds. The molecule has 1 atom stereocenters. The van der Waals surface area contributed by atoms with Crippen LogP contribution >= 0.6 is 11.8 Å². The summed E-state index contributed by atoms with van der Waals surface area (Å²) in [7, 11) is 0. The van der Waals surface area contributed by atoms with E-state index in [9.17, 15) is 9.59 Å². The molecule has 1 aliphatic heterocycles. The molecule has 2 heterocycles. The van der Waals surface area contributed by atoms with Crippen molar-refractivity contribution in [2.45, 2.75) is 38.1 Å². The normalized spacial score (nSPS) is 20.2. The molecule has 1 fully saturated rings. The first-order valence-electron chi connectivity index (χ1n) is 5.80. The minimum absolute atomic E-state index is 0.119. The van der Waals surface area contributed by atoms with E-state index in [1.807, 2.05) is 20.1 Å². The van der Waals surface area contributed by atoms with Crippen LogP contribution in [-0.2, 0) is 16.1 Å². The molecule has 0 saturated carbocycles. The highest BCUT2D eigenvalue weighted by Gasteiger charge is 2.38. The van der Waals surface area contributed by atoms with Gasteiger partial charge in [0.2, 0.25) is 11.8 Å². The van der Waals surface area contributed by atoms with Crippen molar-refractivity contribution < 1.29 is 9.59 Å². The molecule has 0 bridgehead atoms. The second-order valence-corrected chi connectivity index (χ2v) is 5.57. The number of carbonyl (C=O) groups excluding carboxylic acids is 2. The molecule has 0 spiro atoms. The molecule has 0 aromatic carbocycles. The zero-order chi connectivity index (χ0) is 13.3. The Kier molecular flexibility index (Phi) is 3.70. The largest absolute Gasteiger partial charge is 0.275 e. The summed E-state index contributed by atoms with van der Waals surface area (Å²) in [5.74, 6) is -0.245. The van der Waals surface area contributed by atoms with Crippen molar-refractivity contribution in [3.05, 3.63) is 11.9 Å². The lowest BCUT2D eigenvalue weighted by Crippen LogP contribution is -2.30. The summed E-state index contributed by atoms with van der Waals surface area (Å²) in [6.07, 6.45) is 3.91. The summed E-state index contributed by atoms with van der Waals surface area (Å²) >= 11 is 1.42. The summed E-state index contributed by atoms with van der Waals surface area (Å²) in [5, 5.41) is 7.70. The molecule has 0 aliphatic carbocycles. The quantitative estimate of drug-likeness (QED) is 0.757. The third kappa shape index (κ3) is 2.40. The van der Waals surface area contributed by atoms with Gasteiger partial charge in [0.25, 0.3) is 0 Å².